The third kappa shape index (κ3) is 1.69. The zero-order chi connectivity index (χ0) is 13.7. The molecule has 3 unspecified atom stereocenters. The van der Waals surface area contributed by atoms with Crippen molar-refractivity contribution in [3.8, 4) is 0 Å². The SMILES string of the molecule is CN(C)CC(=O)NC1C(=O)C2(C)CCC1C2(C)C. The van der Waals surface area contributed by atoms with Gasteiger partial charge in [0.05, 0.1) is 12.6 Å². The standard InChI is InChI=1S/C14H24N2O2/c1-13(2)9-6-7-14(13,3)12(18)11(9)15-10(17)8-16(4)5/h9,11H,6-8H2,1-5H3,(H,15,17). The van der Waals surface area contributed by atoms with Gasteiger partial charge in [-0.3, -0.25) is 9.59 Å². The molecule has 3 atom stereocenters. The number of hydrogen-bond donors (Lipinski definition) is 1. The van der Waals surface area contributed by atoms with E-state index in [2.05, 4.69) is 26.1 Å². The van der Waals surface area contributed by atoms with E-state index >= 15 is 0 Å². The van der Waals surface area contributed by atoms with Crippen molar-refractivity contribution in [2.24, 2.45) is 16.7 Å². The second kappa shape index (κ2) is 4.05. The second-order valence-electron chi connectivity index (χ2n) is 6.85. The van der Waals surface area contributed by atoms with Crippen LogP contribution in [0.2, 0.25) is 0 Å². The number of amides is 1. The fourth-order valence-corrected chi connectivity index (χ4v) is 3.76. The van der Waals surface area contributed by atoms with E-state index in [4.69, 9.17) is 0 Å². The molecule has 2 rings (SSSR count). The average Bonchev–Trinajstić information content (AvgIpc) is 2.52. The molecule has 0 aliphatic heterocycles. The molecule has 0 heterocycles. The molecule has 102 valence electrons. The van der Waals surface area contributed by atoms with Crippen molar-refractivity contribution in [1.29, 1.82) is 0 Å². The van der Waals surface area contributed by atoms with Gasteiger partial charge in [-0.2, -0.15) is 0 Å². The number of likely N-dealkylation sites (N-methyl/N-ethyl adjacent to an activating group) is 1. The Morgan fingerprint density at radius 2 is 2.00 bits per heavy atom. The van der Waals surface area contributed by atoms with E-state index in [1.54, 1.807) is 0 Å². The van der Waals surface area contributed by atoms with E-state index in [1.165, 1.54) is 0 Å². The van der Waals surface area contributed by atoms with Crippen LogP contribution in [0, 0.1) is 16.7 Å². The quantitative estimate of drug-likeness (QED) is 0.817. The summed E-state index contributed by atoms with van der Waals surface area (Å²) in [4.78, 5) is 26.2. The topological polar surface area (TPSA) is 49.4 Å². The second-order valence-corrected chi connectivity index (χ2v) is 6.85. The Balaban J connectivity index is 2.13. The van der Waals surface area contributed by atoms with Crippen molar-refractivity contribution in [2.45, 2.75) is 39.7 Å². The molecule has 0 radical (unpaired) electrons. The minimum atomic E-state index is -0.272. The monoisotopic (exact) mass is 252 g/mol. The van der Waals surface area contributed by atoms with Crippen molar-refractivity contribution in [3.63, 3.8) is 0 Å². The summed E-state index contributed by atoms with van der Waals surface area (Å²) < 4.78 is 0. The molecular weight excluding hydrogens is 228 g/mol. The van der Waals surface area contributed by atoms with Gasteiger partial charge in [-0.1, -0.05) is 20.8 Å². The highest BCUT2D eigenvalue weighted by Crippen LogP contribution is 2.63. The zero-order valence-corrected chi connectivity index (χ0v) is 12.0. The number of Topliss-reactive ketones (excluding diaryl/α,β-unsaturated/α-hetero) is 1. The first-order valence-corrected chi connectivity index (χ1v) is 6.68. The van der Waals surface area contributed by atoms with Crippen LogP contribution in [0.4, 0.5) is 0 Å². The summed E-state index contributed by atoms with van der Waals surface area (Å²) in [7, 11) is 3.71. The molecule has 18 heavy (non-hydrogen) atoms. The maximum Gasteiger partial charge on any atom is 0.234 e. The first-order valence-electron chi connectivity index (χ1n) is 6.68. The smallest absolute Gasteiger partial charge is 0.234 e. The Kier molecular flexibility index (Phi) is 3.05. The predicted molar refractivity (Wildman–Crippen MR) is 70.1 cm³/mol. The molecule has 4 nitrogen and oxygen atoms in total. The lowest BCUT2D eigenvalue weighted by molar-refractivity contribution is -0.133. The van der Waals surface area contributed by atoms with Crippen molar-refractivity contribution in [3.05, 3.63) is 0 Å². The number of nitrogens with one attached hydrogen (secondary N) is 1. The summed E-state index contributed by atoms with van der Waals surface area (Å²) in [6, 6.07) is -0.272. The molecule has 1 N–H and O–H groups in total. The summed E-state index contributed by atoms with van der Waals surface area (Å²) in [6.45, 7) is 6.74. The minimum Gasteiger partial charge on any atom is -0.345 e. The van der Waals surface area contributed by atoms with Crippen LogP contribution in [-0.2, 0) is 9.59 Å². The van der Waals surface area contributed by atoms with Crippen LogP contribution in [0.3, 0.4) is 0 Å². The van der Waals surface area contributed by atoms with Gasteiger partial charge in [0, 0.05) is 5.41 Å². The van der Waals surface area contributed by atoms with Gasteiger partial charge in [-0.05, 0) is 38.3 Å². The molecule has 2 saturated carbocycles. The van der Waals surface area contributed by atoms with Gasteiger partial charge >= 0.3 is 0 Å². The maximum atomic E-state index is 12.5. The highest BCUT2D eigenvalue weighted by atomic mass is 16.2. The van der Waals surface area contributed by atoms with E-state index in [1.807, 2.05) is 19.0 Å². The molecule has 2 aliphatic carbocycles. The van der Waals surface area contributed by atoms with Crippen LogP contribution in [0.25, 0.3) is 0 Å². The number of rotatable bonds is 3. The van der Waals surface area contributed by atoms with Gasteiger partial charge in [0.25, 0.3) is 0 Å². The van der Waals surface area contributed by atoms with Crippen LogP contribution < -0.4 is 5.32 Å². The molecule has 0 saturated heterocycles. The van der Waals surface area contributed by atoms with E-state index in [0.717, 1.165) is 12.8 Å². The highest BCUT2D eigenvalue weighted by molar-refractivity contribution is 5.97. The third-order valence-electron chi connectivity index (χ3n) is 5.31. The average molecular weight is 252 g/mol. The molecule has 0 aromatic rings. The van der Waals surface area contributed by atoms with Gasteiger partial charge < -0.3 is 10.2 Å². The van der Waals surface area contributed by atoms with Crippen LogP contribution in [0.5, 0.6) is 0 Å². The van der Waals surface area contributed by atoms with Crippen LogP contribution in [0.15, 0.2) is 0 Å². The van der Waals surface area contributed by atoms with Crippen molar-refractivity contribution >= 4 is 11.7 Å². The van der Waals surface area contributed by atoms with E-state index in [0.29, 0.717) is 12.5 Å². The summed E-state index contributed by atoms with van der Waals surface area (Å²) in [5, 5.41) is 2.94. The number of fused-ring (bicyclic) bond motifs is 2. The van der Waals surface area contributed by atoms with Crippen molar-refractivity contribution in [2.75, 3.05) is 20.6 Å². The molecule has 0 spiro atoms. The Morgan fingerprint density at radius 1 is 1.39 bits per heavy atom. The van der Waals surface area contributed by atoms with E-state index in [-0.39, 0.29) is 28.6 Å². The van der Waals surface area contributed by atoms with Crippen LogP contribution in [0.1, 0.15) is 33.6 Å². The fraction of sp³-hybridized carbons (Fsp3) is 0.857. The molecule has 4 heteroatoms. The molecule has 1 amide bonds. The lowest BCUT2D eigenvalue weighted by Gasteiger charge is -2.32. The molecule has 2 fully saturated rings. The molecular formula is C14H24N2O2. The summed E-state index contributed by atoms with van der Waals surface area (Å²) in [6.07, 6.45) is 2.01. The first kappa shape index (κ1) is 13.5. The van der Waals surface area contributed by atoms with E-state index < -0.39 is 0 Å². The Morgan fingerprint density at radius 3 is 2.44 bits per heavy atom. The highest BCUT2D eigenvalue weighted by Gasteiger charge is 2.66. The number of carbonyl (C=O) groups is 2. The van der Waals surface area contributed by atoms with Crippen molar-refractivity contribution < 1.29 is 9.59 Å². The summed E-state index contributed by atoms with van der Waals surface area (Å²) >= 11 is 0. The Bertz CT molecular complexity index is 389. The zero-order valence-electron chi connectivity index (χ0n) is 12.0. The minimum absolute atomic E-state index is 0.000145. The molecule has 0 aromatic heterocycles. The Labute approximate surface area is 109 Å². The van der Waals surface area contributed by atoms with Gasteiger partial charge in [0.15, 0.2) is 5.78 Å². The van der Waals surface area contributed by atoms with Crippen LogP contribution in [-0.4, -0.2) is 43.3 Å². The fourth-order valence-electron chi connectivity index (χ4n) is 3.76. The maximum absolute atomic E-state index is 12.5. The van der Waals surface area contributed by atoms with E-state index in [9.17, 15) is 9.59 Å². The van der Waals surface area contributed by atoms with Gasteiger partial charge in [-0.25, -0.2) is 0 Å². The van der Waals surface area contributed by atoms with Gasteiger partial charge in [0.2, 0.25) is 5.91 Å². The molecule has 0 aromatic carbocycles. The lowest BCUT2D eigenvalue weighted by atomic mass is 9.70. The summed E-state index contributed by atoms with van der Waals surface area (Å²) in [5.41, 5.74) is -0.256. The number of ketones is 1. The molecule has 2 bridgehead atoms. The normalized spacial score (nSPS) is 37.3. The number of nitrogens with zero attached hydrogens (tertiary/aromatic N) is 1. The van der Waals surface area contributed by atoms with Gasteiger partial charge in [-0.15, -0.1) is 0 Å². The summed E-state index contributed by atoms with van der Waals surface area (Å²) in [5.74, 6) is 0.474. The van der Waals surface area contributed by atoms with Crippen LogP contribution >= 0.6 is 0 Å². The predicted octanol–water partition coefficient (Wildman–Crippen LogP) is 1.06. The first-order chi connectivity index (χ1) is 8.20. The largest absolute Gasteiger partial charge is 0.345 e. The van der Waals surface area contributed by atoms with Gasteiger partial charge in [0.1, 0.15) is 0 Å². The number of hydrogen-bond acceptors (Lipinski definition) is 3. The van der Waals surface area contributed by atoms with Crippen molar-refractivity contribution in [1.82, 2.24) is 10.2 Å². The molecule has 2 aliphatic rings. The Hall–Kier alpha value is -0.900. The lowest BCUT2D eigenvalue weighted by Crippen LogP contribution is -2.48. The number of carbonyl (C=O) groups excluding carboxylic acids is 2. The third-order valence-corrected chi connectivity index (χ3v) is 5.31.